The molecule has 0 unspecified atom stereocenters. The molecule has 2 heterocycles. The first-order chi connectivity index (χ1) is 12.1. The number of likely N-dealkylation sites (tertiary alicyclic amines) is 1. The molecule has 2 aliphatic heterocycles. The number of esters is 1. The van der Waals surface area contributed by atoms with E-state index in [0.717, 1.165) is 62.3 Å². The smallest absolute Gasteiger partial charge is 0.309 e. The van der Waals surface area contributed by atoms with Crippen molar-refractivity contribution in [3.63, 3.8) is 0 Å². The van der Waals surface area contributed by atoms with Crippen molar-refractivity contribution in [3.8, 4) is 0 Å². The molecular weight excluding hydrogens is 312 g/mol. The monoisotopic (exact) mass is 342 g/mol. The Balaban J connectivity index is 1.92. The fourth-order valence-electron chi connectivity index (χ4n) is 3.28. The maximum atomic E-state index is 12.3. The van der Waals surface area contributed by atoms with Crippen molar-refractivity contribution in [3.05, 3.63) is 60.9 Å². The molecule has 25 heavy (non-hydrogen) atoms. The van der Waals surface area contributed by atoms with E-state index in [1.807, 2.05) is 6.92 Å². The van der Waals surface area contributed by atoms with Crippen molar-refractivity contribution in [1.82, 2.24) is 10.2 Å². The summed E-state index contributed by atoms with van der Waals surface area (Å²) in [6.45, 7) is 17.1. The zero-order valence-corrected chi connectivity index (χ0v) is 15.3. The van der Waals surface area contributed by atoms with Crippen LogP contribution in [0.5, 0.6) is 0 Å². The molecule has 0 bridgehead atoms. The Labute approximate surface area is 151 Å². The second kappa shape index (κ2) is 9.42. The normalized spacial score (nSPS) is 22.6. The zero-order chi connectivity index (χ0) is 18.2. The highest BCUT2D eigenvalue weighted by molar-refractivity contribution is 5.72. The number of nitrogens with zero attached hydrogens (tertiary/aromatic N) is 1. The summed E-state index contributed by atoms with van der Waals surface area (Å²) >= 11 is 0. The standard InChI is InChI=1S/C21H30N2O2/c1-5-16(4)17(6-2)14-19(7-3)23-12-9-18(10-13-23)21(24)25-20-8-11-22-15-20/h5-7,14,18,20,22H,1-2,4,8-13,15H2,3H3/b17-14-,19-7+/t20-/m1/s1. The Hall–Kier alpha value is -2.07. The lowest BCUT2D eigenvalue weighted by atomic mass is 9.96. The molecule has 4 heteroatoms. The first-order valence-electron chi connectivity index (χ1n) is 9.07. The van der Waals surface area contributed by atoms with Gasteiger partial charge >= 0.3 is 5.97 Å². The molecule has 2 aliphatic rings. The lowest BCUT2D eigenvalue weighted by Gasteiger charge is -2.34. The summed E-state index contributed by atoms with van der Waals surface area (Å²) in [6, 6.07) is 0. The number of carbonyl (C=O) groups excluding carboxylic acids is 1. The van der Waals surface area contributed by atoms with Gasteiger partial charge in [0.05, 0.1) is 5.92 Å². The van der Waals surface area contributed by atoms with Gasteiger partial charge in [-0.25, -0.2) is 0 Å². The first-order valence-corrected chi connectivity index (χ1v) is 9.07. The minimum atomic E-state index is -0.0299. The topological polar surface area (TPSA) is 41.6 Å². The van der Waals surface area contributed by atoms with Gasteiger partial charge in [0.15, 0.2) is 0 Å². The number of hydrogen-bond donors (Lipinski definition) is 1. The lowest BCUT2D eigenvalue weighted by Crippen LogP contribution is -2.37. The van der Waals surface area contributed by atoms with Gasteiger partial charge in [0.1, 0.15) is 6.10 Å². The van der Waals surface area contributed by atoms with Crippen LogP contribution < -0.4 is 5.32 Å². The Morgan fingerprint density at radius 3 is 2.44 bits per heavy atom. The van der Waals surface area contributed by atoms with Crippen LogP contribution in [-0.2, 0) is 9.53 Å². The number of rotatable bonds is 7. The summed E-state index contributed by atoms with van der Waals surface area (Å²) in [5.74, 6) is -0.0151. The quantitative estimate of drug-likeness (QED) is 0.569. The molecule has 0 aliphatic carbocycles. The minimum Gasteiger partial charge on any atom is -0.461 e. The van der Waals surface area contributed by atoms with Gasteiger partial charge in [0.2, 0.25) is 0 Å². The van der Waals surface area contributed by atoms with Gasteiger partial charge in [0, 0.05) is 25.3 Å². The lowest BCUT2D eigenvalue weighted by molar-refractivity contribution is -0.154. The number of carbonyl (C=O) groups is 1. The van der Waals surface area contributed by atoms with Gasteiger partial charge in [-0.1, -0.05) is 38.0 Å². The second-order valence-electron chi connectivity index (χ2n) is 6.56. The number of ether oxygens (including phenoxy) is 1. The molecule has 1 atom stereocenters. The summed E-state index contributed by atoms with van der Waals surface area (Å²) in [5, 5.41) is 3.23. The van der Waals surface area contributed by atoms with Crippen LogP contribution >= 0.6 is 0 Å². The predicted molar refractivity (Wildman–Crippen MR) is 103 cm³/mol. The first kappa shape index (κ1) is 19.3. The molecule has 2 rings (SSSR count). The number of nitrogens with one attached hydrogen (secondary N) is 1. The Morgan fingerprint density at radius 1 is 1.20 bits per heavy atom. The van der Waals surface area contributed by atoms with Gasteiger partial charge in [-0.2, -0.15) is 0 Å². The van der Waals surface area contributed by atoms with Crippen LogP contribution in [-0.4, -0.2) is 43.2 Å². The Morgan fingerprint density at radius 2 is 1.92 bits per heavy atom. The molecule has 0 radical (unpaired) electrons. The molecule has 0 spiro atoms. The molecule has 0 aromatic rings. The van der Waals surface area contributed by atoms with Gasteiger partial charge < -0.3 is 15.0 Å². The Kier molecular flexibility index (Phi) is 7.26. The van der Waals surface area contributed by atoms with E-state index in [2.05, 4.69) is 42.1 Å². The van der Waals surface area contributed by atoms with Crippen LogP contribution in [0.15, 0.2) is 60.9 Å². The third kappa shape index (κ3) is 5.20. The maximum Gasteiger partial charge on any atom is 0.309 e. The second-order valence-corrected chi connectivity index (χ2v) is 6.56. The van der Waals surface area contributed by atoms with Crippen molar-refractivity contribution >= 4 is 5.97 Å². The maximum absolute atomic E-state index is 12.3. The molecule has 0 aromatic heterocycles. The van der Waals surface area contributed by atoms with Crippen LogP contribution in [0.1, 0.15) is 26.2 Å². The number of allylic oxidation sites excluding steroid dienone is 6. The average molecular weight is 342 g/mol. The SMILES string of the molecule is C=CC(=C)/C(C=C)=C\C(=C/C)N1CCC(C(=O)O[C@@H]2CCNC2)CC1. The summed E-state index contributed by atoms with van der Waals surface area (Å²) < 4.78 is 5.62. The molecule has 2 fully saturated rings. The largest absolute Gasteiger partial charge is 0.461 e. The van der Waals surface area contributed by atoms with E-state index >= 15 is 0 Å². The van der Waals surface area contributed by atoms with Gasteiger partial charge in [-0.05, 0) is 50.0 Å². The predicted octanol–water partition coefficient (Wildman–Crippen LogP) is 3.36. The van der Waals surface area contributed by atoms with Crippen LogP contribution in [0.2, 0.25) is 0 Å². The van der Waals surface area contributed by atoms with E-state index in [-0.39, 0.29) is 18.0 Å². The molecule has 1 N–H and O–H groups in total. The van der Waals surface area contributed by atoms with E-state index in [1.165, 1.54) is 0 Å². The average Bonchev–Trinajstić information content (AvgIpc) is 3.15. The number of piperidine rings is 1. The molecule has 0 amide bonds. The molecule has 0 saturated carbocycles. The van der Waals surface area contributed by atoms with Crippen LogP contribution in [0.25, 0.3) is 0 Å². The molecule has 2 saturated heterocycles. The zero-order valence-electron chi connectivity index (χ0n) is 15.3. The summed E-state index contributed by atoms with van der Waals surface area (Å²) in [5.41, 5.74) is 2.96. The Bertz CT molecular complexity index is 575. The van der Waals surface area contributed by atoms with E-state index in [9.17, 15) is 4.79 Å². The third-order valence-electron chi connectivity index (χ3n) is 4.93. The van der Waals surface area contributed by atoms with Crippen molar-refractivity contribution in [2.75, 3.05) is 26.2 Å². The van der Waals surface area contributed by atoms with Gasteiger partial charge in [-0.3, -0.25) is 4.79 Å². The van der Waals surface area contributed by atoms with Crippen LogP contribution in [0.4, 0.5) is 0 Å². The molecule has 0 aromatic carbocycles. The highest BCUT2D eigenvalue weighted by Gasteiger charge is 2.29. The minimum absolute atomic E-state index is 0.0148. The fourth-order valence-corrected chi connectivity index (χ4v) is 3.28. The van der Waals surface area contributed by atoms with Crippen molar-refractivity contribution < 1.29 is 9.53 Å². The summed E-state index contributed by atoms with van der Waals surface area (Å²) in [6.07, 6.45) is 10.3. The fraction of sp³-hybridized carbons (Fsp3) is 0.476. The molecular formula is C21H30N2O2. The third-order valence-corrected chi connectivity index (χ3v) is 4.93. The van der Waals surface area contributed by atoms with E-state index in [0.29, 0.717) is 0 Å². The highest BCUT2D eigenvalue weighted by atomic mass is 16.5. The van der Waals surface area contributed by atoms with Crippen molar-refractivity contribution in [2.45, 2.75) is 32.3 Å². The van der Waals surface area contributed by atoms with Crippen molar-refractivity contribution in [1.29, 1.82) is 0 Å². The van der Waals surface area contributed by atoms with E-state index in [4.69, 9.17) is 4.74 Å². The summed E-state index contributed by atoms with van der Waals surface area (Å²) in [7, 11) is 0. The van der Waals surface area contributed by atoms with Crippen molar-refractivity contribution in [2.24, 2.45) is 5.92 Å². The van der Waals surface area contributed by atoms with Gasteiger partial charge in [0.25, 0.3) is 0 Å². The van der Waals surface area contributed by atoms with Gasteiger partial charge in [-0.15, -0.1) is 0 Å². The molecule has 4 nitrogen and oxygen atoms in total. The highest BCUT2D eigenvalue weighted by Crippen LogP contribution is 2.24. The van der Waals surface area contributed by atoms with Crippen LogP contribution in [0.3, 0.4) is 0 Å². The van der Waals surface area contributed by atoms with E-state index in [1.54, 1.807) is 12.2 Å². The summed E-state index contributed by atoms with van der Waals surface area (Å²) in [4.78, 5) is 14.6. The van der Waals surface area contributed by atoms with E-state index < -0.39 is 0 Å². The van der Waals surface area contributed by atoms with Crippen LogP contribution in [0, 0.1) is 5.92 Å². The molecule has 136 valence electrons. The number of hydrogen-bond acceptors (Lipinski definition) is 4.